The third-order valence-electron chi connectivity index (χ3n) is 4.94. The molecule has 0 saturated carbocycles. The molecule has 1 aromatic heterocycles. The minimum atomic E-state index is 0.0661. The van der Waals surface area contributed by atoms with E-state index in [1.165, 1.54) is 15.6 Å². The molecule has 1 N–H and O–H groups in total. The molecule has 4 rings (SSSR count). The molecule has 4 nitrogen and oxygen atoms in total. The Labute approximate surface area is 177 Å². The van der Waals surface area contributed by atoms with Crippen molar-refractivity contribution in [2.75, 3.05) is 38.0 Å². The number of nitrogens with zero attached hydrogens (tertiary/aromatic N) is 2. The van der Waals surface area contributed by atoms with Gasteiger partial charge in [0.1, 0.15) is 0 Å². The van der Waals surface area contributed by atoms with Crippen molar-refractivity contribution in [2.45, 2.75) is 6.54 Å². The van der Waals surface area contributed by atoms with E-state index in [1.54, 1.807) is 0 Å². The van der Waals surface area contributed by atoms with Crippen LogP contribution >= 0.6 is 33.9 Å². The molecule has 1 amide bonds. The summed E-state index contributed by atoms with van der Waals surface area (Å²) in [6, 6.07) is 16.5. The van der Waals surface area contributed by atoms with Crippen LogP contribution in [0.2, 0.25) is 0 Å². The smallest absolute Gasteiger partial charge is 0.238 e. The number of anilines is 1. The first kappa shape index (κ1) is 18.9. The van der Waals surface area contributed by atoms with Crippen LogP contribution in [0.4, 0.5) is 5.69 Å². The van der Waals surface area contributed by atoms with Gasteiger partial charge in [-0.15, -0.1) is 11.3 Å². The van der Waals surface area contributed by atoms with Gasteiger partial charge in [0.25, 0.3) is 0 Å². The molecular formula is C21H22IN3OS. The van der Waals surface area contributed by atoms with Crippen LogP contribution in [-0.4, -0.2) is 48.4 Å². The number of rotatable bonds is 5. The van der Waals surface area contributed by atoms with Gasteiger partial charge >= 0.3 is 0 Å². The number of benzene rings is 2. The predicted octanol–water partition coefficient (Wildman–Crippen LogP) is 4.26. The van der Waals surface area contributed by atoms with Crippen molar-refractivity contribution in [2.24, 2.45) is 0 Å². The maximum atomic E-state index is 12.3. The molecule has 0 unspecified atom stereocenters. The van der Waals surface area contributed by atoms with Crippen molar-refractivity contribution < 1.29 is 4.79 Å². The minimum Gasteiger partial charge on any atom is -0.324 e. The zero-order valence-corrected chi connectivity index (χ0v) is 18.0. The molecule has 0 spiro atoms. The lowest BCUT2D eigenvalue weighted by atomic mass is 10.1. The fourth-order valence-electron chi connectivity index (χ4n) is 3.46. The van der Waals surface area contributed by atoms with Crippen LogP contribution in [0.3, 0.4) is 0 Å². The van der Waals surface area contributed by atoms with Crippen LogP contribution in [0.1, 0.15) is 5.56 Å². The number of nitrogens with one attached hydrogen (secondary N) is 1. The Morgan fingerprint density at radius 1 is 1.00 bits per heavy atom. The van der Waals surface area contributed by atoms with Gasteiger partial charge in [-0.2, -0.15) is 0 Å². The zero-order chi connectivity index (χ0) is 18.6. The first-order valence-corrected chi connectivity index (χ1v) is 11.1. The van der Waals surface area contributed by atoms with Gasteiger partial charge in [0.15, 0.2) is 0 Å². The number of amides is 1. The van der Waals surface area contributed by atoms with E-state index in [1.807, 2.05) is 35.6 Å². The number of carbonyl (C=O) groups excluding carboxylic acids is 1. The molecule has 1 aliphatic rings. The first-order valence-electron chi connectivity index (χ1n) is 9.13. The highest BCUT2D eigenvalue weighted by Crippen LogP contribution is 2.27. The maximum Gasteiger partial charge on any atom is 0.238 e. The molecule has 0 atom stereocenters. The van der Waals surface area contributed by atoms with Crippen LogP contribution in [-0.2, 0) is 11.3 Å². The second-order valence-corrected chi connectivity index (χ2v) is 8.91. The maximum absolute atomic E-state index is 12.3. The van der Waals surface area contributed by atoms with E-state index in [4.69, 9.17) is 0 Å². The largest absolute Gasteiger partial charge is 0.324 e. The standard InChI is InChI=1S/C21H22IN3OS/c22-18-6-2-3-7-19(18)23-21(26)14-25-11-9-24(10-12-25)13-16-15-27-20-8-4-1-5-17(16)20/h1-8,15H,9-14H2,(H,23,26). The number of hydrogen-bond acceptors (Lipinski definition) is 4. The van der Waals surface area contributed by atoms with Crippen molar-refractivity contribution >= 4 is 55.6 Å². The van der Waals surface area contributed by atoms with Gasteiger partial charge in [-0.25, -0.2) is 0 Å². The summed E-state index contributed by atoms with van der Waals surface area (Å²) >= 11 is 4.07. The van der Waals surface area contributed by atoms with Crippen molar-refractivity contribution in [3.8, 4) is 0 Å². The molecule has 6 heteroatoms. The van der Waals surface area contributed by atoms with E-state index in [9.17, 15) is 4.79 Å². The Bertz CT molecular complexity index is 934. The fourth-order valence-corrected chi connectivity index (χ4v) is 4.93. The molecule has 2 aromatic carbocycles. The van der Waals surface area contributed by atoms with Crippen molar-refractivity contribution in [1.29, 1.82) is 0 Å². The molecule has 2 heterocycles. The van der Waals surface area contributed by atoms with Crippen LogP contribution in [0.5, 0.6) is 0 Å². The van der Waals surface area contributed by atoms with Crippen LogP contribution in [0.25, 0.3) is 10.1 Å². The summed E-state index contributed by atoms with van der Waals surface area (Å²) in [7, 11) is 0. The molecule has 3 aromatic rings. The van der Waals surface area contributed by atoms with E-state index in [0.29, 0.717) is 6.54 Å². The molecule has 0 bridgehead atoms. The predicted molar refractivity (Wildman–Crippen MR) is 121 cm³/mol. The summed E-state index contributed by atoms with van der Waals surface area (Å²) in [6.07, 6.45) is 0. The Morgan fingerprint density at radius 3 is 2.52 bits per heavy atom. The lowest BCUT2D eigenvalue weighted by Gasteiger charge is -2.34. The molecule has 27 heavy (non-hydrogen) atoms. The lowest BCUT2D eigenvalue weighted by Crippen LogP contribution is -2.48. The Balaban J connectivity index is 1.27. The van der Waals surface area contributed by atoms with Crippen LogP contribution < -0.4 is 5.32 Å². The zero-order valence-electron chi connectivity index (χ0n) is 15.0. The Morgan fingerprint density at radius 2 is 1.70 bits per heavy atom. The summed E-state index contributed by atoms with van der Waals surface area (Å²) in [5.41, 5.74) is 2.31. The summed E-state index contributed by atoms with van der Waals surface area (Å²) in [5, 5.41) is 6.69. The van der Waals surface area contributed by atoms with E-state index in [2.05, 4.69) is 67.4 Å². The van der Waals surface area contributed by atoms with Gasteiger partial charge < -0.3 is 5.32 Å². The van der Waals surface area contributed by atoms with Crippen molar-refractivity contribution in [3.63, 3.8) is 0 Å². The molecule has 140 valence electrons. The lowest BCUT2D eigenvalue weighted by molar-refractivity contribution is -0.117. The van der Waals surface area contributed by atoms with Gasteiger partial charge in [0.05, 0.1) is 12.2 Å². The molecule has 0 aliphatic carbocycles. The number of piperazine rings is 1. The second-order valence-electron chi connectivity index (χ2n) is 6.84. The van der Waals surface area contributed by atoms with Gasteiger partial charge in [-0.3, -0.25) is 14.6 Å². The van der Waals surface area contributed by atoms with Crippen molar-refractivity contribution in [1.82, 2.24) is 9.80 Å². The van der Waals surface area contributed by atoms with E-state index < -0.39 is 0 Å². The first-order chi connectivity index (χ1) is 13.2. The molecular weight excluding hydrogens is 469 g/mol. The average molecular weight is 491 g/mol. The highest BCUT2D eigenvalue weighted by molar-refractivity contribution is 14.1. The topological polar surface area (TPSA) is 35.6 Å². The van der Waals surface area contributed by atoms with Crippen LogP contribution in [0, 0.1) is 3.57 Å². The summed E-state index contributed by atoms with van der Waals surface area (Å²) < 4.78 is 2.43. The third-order valence-corrected chi connectivity index (χ3v) is 6.89. The highest BCUT2D eigenvalue weighted by Gasteiger charge is 2.20. The van der Waals surface area contributed by atoms with E-state index in [0.717, 1.165) is 42.0 Å². The van der Waals surface area contributed by atoms with Gasteiger partial charge in [0.2, 0.25) is 5.91 Å². The SMILES string of the molecule is O=C(CN1CCN(Cc2csc3ccccc23)CC1)Nc1ccccc1I. The number of para-hydroxylation sites is 1. The quantitative estimate of drug-likeness (QED) is 0.542. The normalized spacial score (nSPS) is 15.9. The fraction of sp³-hybridized carbons (Fsp3) is 0.286. The average Bonchev–Trinajstić information content (AvgIpc) is 3.08. The molecule has 0 radical (unpaired) electrons. The van der Waals surface area contributed by atoms with Crippen molar-refractivity contribution in [3.05, 3.63) is 63.0 Å². The minimum absolute atomic E-state index is 0.0661. The van der Waals surface area contributed by atoms with E-state index in [-0.39, 0.29) is 5.91 Å². The van der Waals surface area contributed by atoms with Gasteiger partial charge in [-0.1, -0.05) is 30.3 Å². The van der Waals surface area contributed by atoms with Gasteiger partial charge in [0, 0.05) is 41.0 Å². The van der Waals surface area contributed by atoms with Gasteiger partial charge in [-0.05, 0) is 57.1 Å². The third kappa shape index (κ3) is 4.68. The highest BCUT2D eigenvalue weighted by atomic mass is 127. The number of fused-ring (bicyclic) bond motifs is 1. The number of halogens is 1. The Kier molecular flexibility index (Phi) is 6.07. The second kappa shape index (κ2) is 8.68. The number of hydrogen-bond donors (Lipinski definition) is 1. The monoisotopic (exact) mass is 491 g/mol. The number of thiophene rings is 1. The molecule has 1 saturated heterocycles. The Hall–Kier alpha value is -1.48. The molecule has 1 aliphatic heterocycles. The summed E-state index contributed by atoms with van der Waals surface area (Å²) in [6.45, 7) is 5.32. The molecule has 1 fully saturated rings. The van der Waals surface area contributed by atoms with Crippen LogP contribution in [0.15, 0.2) is 53.9 Å². The summed E-state index contributed by atoms with van der Waals surface area (Å²) in [5.74, 6) is 0.0661. The summed E-state index contributed by atoms with van der Waals surface area (Å²) in [4.78, 5) is 17.1. The van der Waals surface area contributed by atoms with E-state index >= 15 is 0 Å². The number of carbonyl (C=O) groups is 1.